The molecule has 0 spiro atoms. The molecule has 1 saturated carbocycles. The van der Waals surface area contributed by atoms with Crippen LogP contribution in [0.15, 0.2) is 22.8 Å². The maximum absolute atomic E-state index is 10.1. The molecule has 0 saturated heterocycles. The van der Waals surface area contributed by atoms with Crippen molar-refractivity contribution in [2.75, 3.05) is 0 Å². The van der Waals surface area contributed by atoms with Crippen LogP contribution >= 0.6 is 15.9 Å². The first-order valence-electron chi connectivity index (χ1n) is 6.05. The number of halogens is 1. The van der Waals surface area contributed by atoms with Crippen molar-refractivity contribution in [3.63, 3.8) is 0 Å². The van der Waals surface area contributed by atoms with Crippen molar-refractivity contribution in [1.82, 2.24) is 4.98 Å². The van der Waals surface area contributed by atoms with Crippen molar-refractivity contribution in [3.8, 4) is 0 Å². The van der Waals surface area contributed by atoms with Gasteiger partial charge in [0.2, 0.25) is 0 Å². The molecular weight excluding hydrogens is 266 g/mol. The molecule has 1 N–H and O–H groups in total. The normalized spacial score (nSPS) is 19.6. The molecule has 1 atom stereocenters. The summed E-state index contributed by atoms with van der Waals surface area (Å²) in [5, 5.41) is 10.1. The largest absolute Gasteiger partial charge is 0.387 e. The van der Waals surface area contributed by atoms with Gasteiger partial charge in [-0.2, -0.15) is 0 Å². The van der Waals surface area contributed by atoms with Crippen molar-refractivity contribution in [2.45, 2.75) is 44.6 Å². The van der Waals surface area contributed by atoms with Gasteiger partial charge < -0.3 is 5.11 Å². The number of rotatable bonds is 3. The molecule has 0 radical (unpaired) electrons. The second kappa shape index (κ2) is 5.78. The Morgan fingerprint density at radius 3 is 2.69 bits per heavy atom. The lowest BCUT2D eigenvalue weighted by molar-refractivity contribution is 0.127. The highest BCUT2D eigenvalue weighted by atomic mass is 79.9. The molecule has 88 valence electrons. The van der Waals surface area contributed by atoms with Crippen LogP contribution < -0.4 is 0 Å². The van der Waals surface area contributed by atoms with Gasteiger partial charge in [0.1, 0.15) is 0 Å². The summed E-state index contributed by atoms with van der Waals surface area (Å²) in [6.45, 7) is 0. The second-order valence-corrected chi connectivity index (χ2v) is 5.57. The monoisotopic (exact) mass is 283 g/mol. The first-order chi connectivity index (χ1) is 7.75. The van der Waals surface area contributed by atoms with Gasteiger partial charge in [-0.15, -0.1) is 0 Å². The average Bonchev–Trinajstić information content (AvgIpc) is 2.31. The molecule has 1 unspecified atom stereocenters. The summed E-state index contributed by atoms with van der Waals surface area (Å²) in [7, 11) is 0. The van der Waals surface area contributed by atoms with Crippen molar-refractivity contribution >= 4 is 15.9 Å². The molecular formula is C13H18BrNO. The zero-order valence-electron chi connectivity index (χ0n) is 9.40. The number of pyridine rings is 1. The molecule has 1 heterocycles. The van der Waals surface area contributed by atoms with E-state index in [1.54, 1.807) is 6.20 Å². The molecule has 1 fully saturated rings. The smallest absolute Gasteiger partial charge is 0.0962 e. The van der Waals surface area contributed by atoms with E-state index in [9.17, 15) is 5.11 Å². The lowest BCUT2D eigenvalue weighted by atomic mass is 9.85. The maximum atomic E-state index is 10.1. The fourth-order valence-corrected chi connectivity index (χ4v) is 2.68. The number of hydrogen-bond acceptors (Lipinski definition) is 2. The Balaban J connectivity index is 1.91. The molecule has 2 rings (SSSR count). The van der Waals surface area contributed by atoms with Crippen LogP contribution in [0.3, 0.4) is 0 Å². The lowest BCUT2D eigenvalue weighted by Crippen LogP contribution is -2.11. The highest BCUT2D eigenvalue weighted by molar-refractivity contribution is 9.10. The van der Waals surface area contributed by atoms with Crippen molar-refractivity contribution in [3.05, 3.63) is 28.5 Å². The minimum Gasteiger partial charge on any atom is -0.387 e. The van der Waals surface area contributed by atoms with E-state index in [1.807, 2.05) is 12.1 Å². The van der Waals surface area contributed by atoms with Gasteiger partial charge in [0.15, 0.2) is 0 Å². The molecule has 2 nitrogen and oxygen atoms in total. The summed E-state index contributed by atoms with van der Waals surface area (Å²) in [5.74, 6) is 0.689. The Morgan fingerprint density at radius 2 is 2.06 bits per heavy atom. The van der Waals surface area contributed by atoms with Crippen LogP contribution in [0.4, 0.5) is 0 Å². The second-order valence-electron chi connectivity index (χ2n) is 4.66. The molecule has 16 heavy (non-hydrogen) atoms. The molecule has 1 aliphatic carbocycles. The third-order valence-corrected chi connectivity index (χ3v) is 3.84. The van der Waals surface area contributed by atoms with Gasteiger partial charge in [0.25, 0.3) is 0 Å². The van der Waals surface area contributed by atoms with E-state index in [-0.39, 0.29) is 0 Å². The van der Waals surface area contributed by atoms with Crippen molar-refractivity contribution < 1.29 is 5.11 Å². The van der Waals surface area contributed by atoms with Gasteiger partial charge in [-0.3, -0.25) is 4.98 Å². The lowest BCUT2D eigenvalue weighted by Gasteiger charge is -2.23. The molecule has 3 heteroatoms. The van der Waals surface area contributed by atoms with E-state index in [4.69, 9.17) is 0 Å². The van der Waals surface area contributed by atoms with E-state index >= 15 is 0 Å². The van der Waals surface area contributed by atoms with E-state index in [2.05, 4.69) is 20.9 Å². The van der Waals surface area contributed by atoms with Gasteiger partial charge in [-0.1, -0.05) is 32.1 Å². The quantitative estimate of drug-likeness (QED) is 0.914. The van der Waals surface area contributed by atoms with Gasteiger partial charge >= 0.3 is 0 Å². The Bertz CT molecular complexity index is 319. The minimum absolute atomic E-state index is 0.392. The van der Waals surface area contributed by atoms with Gasteiger partial charge in [0.05, 0.1) is 11.8 Å². The van der Waals surface area contributed by atoms with Crippen LogP contribution in [0.1, 0.15) is 50.3 Å². The van der Waals surface area contributed by atoms with Crippen molar-refractivity contribution in [2.24, 2.45) is 5.92 Å². The number of nitrogens with zero attached hydrogens (tertiary/aromatic N) is 1. The summed E-state index contributed by atoms with van der Waals surface area (Å²) in [6.07, 6.45) is 8.78. The van der Waals surface area contributed by atoms with Crippen LogP contribution in [0.2, 0.25) is 0 Å². The number of hydrogen-bond donors (Lipinski definition) is 1. The fourth-order valence-electron chi connectivity index (χ4n) is 2.44. The van der Waals surface area contributed by atoms with E-state index in [1.165, 1.54) is 32.1 Å². The average molecular weight is 284 g/mol. The molecule has 1 aliphatic rings. The minimum atomic E-state index is -0.392. The van der Waals surface area contributed by atoms with Crippen molar-refractivity contribution in [1.29, 1.82) is 0 Å². The Labute approximate surface area is 105 Å². The van der Waals surface area contributed by atoms with Crippen LogP contribution in [-0.2, 0) is 0 Å². The van der Waals surface area contributed by atoms with E-state index in [0.29, 0.717) is 5.92 Å². The summed E-state index contributed by atoms with van der Waals surface area (Å²) in [6, 6.07) is 3.84. The highest BCUT2D eigenvalue weighted by Gasteiger charge is 2.19. The Morgan fingerprint density at radius 1 is 1.31 bits per heavy atom. The van der Waals surface area contributed by atoms with Gasteiger partial charge in [0, 0.05) is 10.7 Å². The first-order valence-corrected chi connectivity index (χ1v) is 6.84. The SMILES string of the molecule is OC(CC1CCCCC1)c1ccc(Br)cn1. The predicted octanol–water partition coefficient (Wildman–Crippen LogP) is 3.85. The maximum Gasteiger partial charge on any atom is 0.0962 e. The third-order valence-electron chi connectivity index (χ3n) is 3.37. The standard InChI is InChI=1S/C13H18BrNO/c14-11-6-7-12(15-9-11)13(16)8-10-4-2-1-3-5-10/h6-7,9-10,13,16H,1-5,8H2. The summed E-state index contributed by atoms with van der Waals surface area (Å²) < 4.78 is 0.959. The fraction of sp³-hybridized carbons (Fsp3) is 0.615. The molecule has 1 aromatic rings. The topological polar surface area (TPSA) is 33.1 Å². The van der Waals surface area contributed by atoms with Crippen LogP contribution in [0, 0.1) is 5.92 Å². The van der Waals surface area contributed by atoms with Gasteiger partial charge in [-0.25, -0.2) is 0 Å². The molecule has 0 amide bonds. The zero-order valence-corrected chi connectivity index (χ0v) is 11.0. The third kappa shape index (κ3) is 3.29. The Hall–Kier alpha value is -0.410. The molecule has 0 aliphatic heterocycles. The summed E-state index contributed by atoms with van der Waals surface area (Å²) in [5.41, 5.74) is 0.800. The van der Waals surface area contributed by atoms with Gasteiger partial charge in [-0.05, 0) is 40.4 Å². The molecule has 1 aromatic heterocycles. The van der Waals surface area contributed by atoms with Crippen LogP contribution in [-0.4, -0.2) is 10.1 Å². The highest BCUT2D eigenvalue weighted by Crippen LogP contribution is 2.31. The summed E-state index contributed by atoms with van der Waals surface area (Å²) in [4.78, 5) is 4.25. The zero-order chi connectivity index (χ0) is 11.4. The van der Waals surface area contributed by atoms with Crippen LogP contribution in [0.5, 0.6) is 0 Å². The number of aliphatic hydroxyl groups excluding tert-OH is 1. The number of aromatic nitrogens is 1. The van der Waals surface area contributed by atoms with E-state index in [0.717, 1.165) is 16.6 Å². The molecule has 0 aromatic carbocycles. The molecule has 0 bridgehead atoms. The Kier molecular flexibility index (Phi) is 4.36. The first kappa shape index (κ1) is 12.1. The van der Waals surface area contributed by atoms with E-state index < -0.39 is 6.10 Å². The summed E-state index contributed by atoms with van der Waals surface area (Å²) >= 11 is 3.35. The van der Waals surface area contributed by atoms with Crippen LogP contribution in [0.25, 0.3) is 0 Å². The number of aliphatic hydroxyl groups is 1. The predicted molar refractivity (Wildman–Crippen MR) is 68.1 cm³/mol.